The highest BCUT2D eigenvalue weighted by Gasteiger charge is 2.47. The van der Waals surface area contributed by atoms with Crippen LogP contribution in [0.15, 0.2) is 42.5 Å². The van der Waals surface area contributed by atoms with Crippen LogP contribution in [0.1, 0.15) is 30.1 Å². The molecule has 5 rings (SSSR count). The number of carbonyl (C=O) groups is 1. The molecule has 34 heavy (non-hydrogen) atoms. The third-order valence-electron chi connectivity index (χ3n) is 7.64. The van der Waals surface area contributed by atoms with Crippen molar-refractivity contribution in [2.75, 3.05) is 45.7 Å². The van der Waals surface area contributed by atoms with E-state index in [1.807, 2.05) is 11.0 Å². The molecule has 0 saturated carbocycles. The first-order valence-corrected chi connectivity index (χ1v) is 11.7. The number of aromatic nitrogens is 1. The van der Waals surface area contributed by atoms with Gasteiger partial charge < -0.3 is 24.6 Å². The molecule has 2 aromatic carbocycles. The minimum Gasteiger partial charge on any atom is -0.497 e. The van der Waals surface area contributed by atoms with Gasteiger partial charge in [0.15, 0.2) is 0 Å². The van der Waals surface area contributed by atoms with Crippen molar-refractivity contribution in [3.63, 3.8) is 0 Å². The molecule has 1 aromatic heterocycles. The van der Waals surface area contributed by atoms with Gasteiger partial charge >= 0.3 is 6.03 Å². The van der Waals surface area contributed by atoms with Gasteiger partial charge in [0.2, 0.25) is 0 Å². The molecule has 1 saturated heterocycles. The van der Waals surface area contributed by atoms with E-state index in [4.69, 9.17) is 4.74 Å². The summed E-state index contributed by atoms with van der Waals surface area (Å²) in [6.45, 7) is 2.06. The first-order chi connectivity index (χ1) is 16.4. The number of aliphatic hydroxyl groups excluding tert-OH is 1. The van der Waals surface area contributed by atoms with E-state index in [1.165, 1.54) is 23.1 Å². The van der Waals surface area contributed by atoms with Gasteiger partial charge in [0.1, 0.15) is 11.6 Å². The van der Waals surface area contributed by atoms with Crippen LogP contribution in [-0.4, -0.2) is 65.9 Å². The van der Waals surface area contributed by atoms with Gasteiger partial charge in [-0.05, 0) is 55.8 Å². The molecule has 0 aliphatic carbocycles. The van der Waals surface area contributed by atoms with Crippen molar-refractivity contribution in [2.24, 2.45) is 7.05 Å². The van der Waals surface area contributed by atoms with E-state index in [1.54, 1.807) is 19.2 Å². The van der Waals surface area contributed by atoms with Crippen LogP contribution in [0.5, 0.6) is 5.75 Å². The number of urea groups is 1. The summed E-state index contributed by atoms with van der Waals surface area (Å²) in [4.78, 5) is 16.9. The lowest BCUT2D eigenvalue weighted by Gasteiger charge is -2.49. The minimum atomic E-state index is -0.376. The van der Waals surface area contributed by atoms with Crippen molar-refractivity contribution in [1.29, 1.82) is 0 Å². The molecule has 2 amide bonds. The van der Waals surface area contributed by atoms with Crippen molar-refractivity contribution in [1.82, 2.24) is 14.4 Å². The number of nitrogens with zero attached hydrogens (tertiary/aromatic N) is 3. The zero-order chi connectivity index (χ0) is 24.0. The predicted molar refractivity (Wildman–Crippen MR) is 130 cm³/mol. The number of piperidine rings is 1. The van der Waals surface area contributed by atoms with Crippen molar-refractivity contribution >= 4 is 22.6 Å². The SMILES string of the molecule is COc1ccc2c3c(n(C)c2c1)[C@@H](CO)N(C)CC31CCN(C(=O)Nc2cccc(F)c2)CC1. The lowest BCUT2D eigenvalue weighted by molar-refractivity contribution is 0.0718. The van der Waals surface area contributed by atoms with Gasteiger partial charge in [-0.15, -0.1) is 0 Å². The summed E-state index contributed by atoms with van der Waals surface area (Å²) in [6, 6.07) is 11.8. The summed E-state index contributed by atoms with van der Waals surface area (Å²) >= 11 is 0. The van der Waals surface area contributed by atoms with Gasteiger partial charge in [0.05, 0.1) is 25.3 Å². The zero-order valence-corrected chi connectivity index (χ0v) is 19.8. The molecule has 8 heteroatoms. The molecule has 1 fully saturated rings. The van der Waals surface area contributed by atoms with E-state index >= 15 is 0 Å². The van der Waals surface area contributed by atoms with Crippen LogP contribution in [0.2, 0.25) is 0 Å². The number of benzene rings is 2. The Morgan fingerprint density at radius 1 is 1.21 bits per heavy atom. The lowest BCUT2D eigenvalue weighted by atomic mass is 9.68. The van der Waals surface area contributed by atoms with E-state index in [0.717, 1.165) is 36.3 Å². The van der Waals surface area contributed by atoms with Crippen LogP contribution in [0.3, 0.4) is 0 Å². The molecule has 0 unspecified atom stereocenters. The van der Waals surface area contributed by atoms with Gasteiger partial charge in [-0.2, -0.15) is 0 Å². The maximum absolute atomic E-state index is 13.5. The van der Waals surface area contributed by atoms with Gasteiger partial charge in [0.25, 0.3) is 0 Å². The number of nitrogens with one attached hydrogen (secondary N) is 1. The summed E-state index contributed by atoms with van der Waals surface area (Å²) in [7, 11) is 5.78. The number of aryl methyl sites for hydroxylation is 1. The number of aliphatic hydroxyl groups is 1. The number of carbonyl (C=O) groups excluding carboxylic acids is 1. The Bertz CT molecular complexity index is 1230. The fourth-order valence-corrected chi connectivity index (χ4v) is 5.93. The summed E-state index contributed by atoms with van der Waals surface area (Å²) < 4.78 is 21.2. The predicted octanol–water partition coefficient (Wildman–Crippen LogP) is 3.87. The molecule has 7 nitrogen and oxygen atoms in total. The number of halogens is 1. The van der Waals surface area contributed by atoms with Crippen LogP contribution in [-0.2, 0) is 12.5 Å². The Hall–Kier alpha value is -3.10. The molecular formula is C26H31FN4O3. The van der Waals surface area contributed by atoms with Crippen molar-refractivity contribution in [3.8, 4) is 5.75 Å². The largest absolute Gasteiger partial charge is 0.497 e. The monoisotopic (exact) mass is 466 g/mol. The number of likely N-dealkylation sites (tertiary alicyclic amines) is 1. The average Bonchev–Trinajstić information content (AvgIpc) is 3.12. The number of amides is 2. The molecule has 0 bridgehead atoms. The fraction of sp³-hybridized carbons (Fsp3) is 0.423. The molecule has 0 radical (unpaired) electrons. The Labute approximate surface area is 198 Å². The standard InChI is InChI=1S/C26H31FN4O3/c1-29-16-26(9-11-31(12-10-26)25(33)28-18-6-4-5-17(27)13-18)23-20-8-7-19(34-3)14-21(20)30(2)24(23)22(29)15-32/h4-8,13-14,22,32H,9-12,15-16H2,1-3H3,(H,28,33)/t22-/m1/s1. The van der Waals surface area contributed by atoms with E-state index in [9.17, 15) is 14.3 Å². The van der Waals surface area contributed by atoms with Gasteiger partial charge in [-0.1, -0.05) is 6.07 Å². The van der Waals surface area contributed by atoms with Crippen LogP contribution >= 0.6 is 0 Å². The second-order valence-electron chi connectivity index (χ2n) is 9.52. The minimum absolute atomic E-state index is 0.0447. The molecule has 2 aliphatic heterocycles. The number of methoxy groups -OCH3 is 1. The Morgan fingerprint density at radius 3 is 2.65 bits per heavy atom. The lowest BCUT2D eigenvalue weighted by Crippen LogP contribution is -2.54. The van der Waals surface area contributed by atoms with E-state index in [0.29, 0.717) is 18.8 Å². The second kappa shape index (κ2) is 8.60. The summed E-state index contributed by atoms with van der Waals surface area (Å²) in [5.41, 5.74) is 3.84. The number of anilines is 1. The smallest absolute Gasteiger partial charge is 0.321 e. The highest BCUT2D eigenvalue weighted by molar-refractivity contribution is 5.90. The first-order valence-electron chi connectivity index (χ1n) is 11.7. The highest BCUT2D eigenvalue weighted by atomic mass is 19.1. The Balaban J connectivity index is 1.47. The summed E-state index contributed by atoms with van der Waals surface area (Å²) in [5.74, 6) is 0.427. The van der Waals surface area contributed by atoms with Gasteiger partial charge in [-0.25, -0.2) is 9.18 Å². The third kappa shape index (κ3) is 3.61. The number of likely N-dealkylation sites (N-methyl/N-ethyl adjacent to an activating group) is 1. The summed E-state index contributed by atoms with van der Waals surface area (Å²) in [5, 5.41) is 14.3. The van der Waals surface area contributed by atoms with Crippen molar-refractivity contribution < 1.29 is 19.0 Å². The summed E-state index contributed by atoms with van der Waals surface area (Å²) in [6.07, 6.45) is 1.62. The third-order valence-corrected chi connectivity index (χ3v) is 7.64. The van der Waals surface area contributed by atoms with Crippen LogP contribution < -0.4 is 10.1 Å². The number of ether oxygens (including phenoxy) is 1. The molecule has 3 heterocycles. The molecule has 1 atom stereocenters. The van der Waals surface area contributed by atoms with Crippen LogP contribution in [0.4, 0.5) is 14.9 Å². The van der Waals surface area contributed by atoms with E-state index in [-0.39, 0.29) is 29.9 Å². The molecule has 3 aromatic rings. The van der Waals surface area contributed by atoms with Gasteiger partial charge in [-0.3, -0.25) is 4.90 Å². The van der Waals surface area contributed by atoms with Crippen LogP contribution in [0.25, 0.3) is 10.9 Å². The Morgan fingerprint density at radius 2 is 1.97 bits per heavy atom. The topological polar surface area (TPSA) is 70.0 Å². The van der Waals surface area contributed by atoms with E-state index in [2.05, 4.69) is 41.0 Å². The molecule has 2 aliphatic rings. The molecular weight excluding hydrogens is 435 g/mol. The number of rotatable bonds is 3. The normalized spacial score (nSPS) is 19.9. The molecule has 180 valence electrons. The number of hydrogen-bond donors (Lipinski definition) is 2. The quantitative estimate of drug-likeness (QED) is 0.615. The number of fused-ring (bicyclic) bond motifs is 4. The van der Waals surface area contributed by atoms with Crippen LogP contribution in [0, 0.1) is 5.82 Å². The van der Waals surface area contributed by atoms with Crippen molar-refractivity contribution in [2.45, 2.75) is 24.3 Å². The Kier molecular flexibility index (Phi) is 5.73. The fourth-order valence-electron chi connectivity index (χ4n) is 5.93. The average molecular weight is 467 g/mol. The van der Waals surface area contributed by atoms with Crippen molar-refractivity contribution in [3.05, 3.63) is 59.5 Å². The maximum atomic E-state index is 13.5. The second-order valence-corrected chi connectivity index (χ2v) is 9.52. The molecule has 1 spiro atoms. The van der Waals surface area contributed by atoms with E-state index < -0.39 is 0 Å². The molecule has 2 N–H and O–H groups in total. The van der Waals surface area contributed by atoms with Gasteiger partial charge in [0, 0.05) is 54.9 Å². The first kappa shape index (κ1) is 22.7. The number of hydrogen-bond acceptors (Lipinski definition) is 4. The maximum Gasteiger partial charge on any atom is 0.321 e. The zero-order valence-electron chi connectivity index (χ0n) is 19.8. The highest BCUT2D eigenvalue weighted by Crippen LogP contribution is 2.49.